The molecule has 0 unspecified atom stereocenters. The maximum Gasteiger partial charge on any atom is 0.0267 e. The number of hydrogen-bond acceptors (Lipinski definition) is 0. The van der Waals surface area contributed by atoms with Crippen LogP contribution in [0.4, 0.5) is 0 Å². The zero-order valence-electron chi connectivity index (χ0n) is 6.77. The van der Waals surface area contributed by atoms with Crippen molar-refractivity contribution >= 4 is 0 Å². The minimum Gasteiger partial charge on any atom is -0.120 e. The van der Waals surface area contributed by atoms with Crippen molar-refractivity contribution in [1.29, 1.82) is 0 Å². The van der Waals surface area contributed by atoms with Crippen LogP contribution in [0.1, 0.15) is 39.0 Å². The summed E-state index contributed by atoms with van der Waals surface area (Å²) in [6.07, 6.45) is 15.2. The number of hydrogen-bond donors (Lipinski definition) is 0. The van der Waals surface area contributed by atoms with Gasteiger partial charge in [-0.3, -0.25) is 0 Å². The molecular weight excluding hydrogens is 120 g/mol. The van der Waals surface area contributed by atoms with E-state index in [1.54, 1.807) is 0 Å². The van der Waals surface area contributed by atoms with E-state index in [1.165, 1.54) is 25.7 Å². The number of rotatable bonds is 5. The van der Waals surface area contributed by atoms with E-state index in [1.807, 2.05) is 0 Å². The van der Waals surface area contributed by atoms with E-state index in [9.17, 15) is 0 Å². The summed E-state index contributed by atoms with van der Waals surface area (Å²) in [6, 6.07) is 0. The third kappa shape index (κ3) is 7.30. The molecule has 10 heavy (non-hydrogen) atoms. The van der Waals surface area contributed by atoms with Crippen molar-refractivity contribution in [3.8, 4) is 12.3 Å². The van der Waals surface area contributed by atoms with Crippen molar-refractivity contribution in [3.05, 3.63) is 12.2 Å². The van der Waals surface area contributed by atoms with Gasteiger partial charge in [0.2, 0.25) is 0 Å². The Hall–Kier alpha value is -0.700. The van der Waals surface area contributed by atoms with Gasteiger partial charge in [-0.15, -0.1) is 12.3 Å². The molecule has 0 aliphatic rings. The molecule has 0 aromatic heterocycles. The van der Waals surface area contributed by atoms with Crippen LogP contribution in [0, 0.1) is 12.3 Å². The fraction of sp³-hybridized carbons (Fsp3) is 0.600. The van der Waals surface area contributed by atoms with Crippen LogP contribution in [0.3, 0.4) is 0 Å². The normalized spacial score (nSPS) is 10.0. The highest BCUT2D eigenvalue weighted by molar-refractivity contribution is 4.96. The van der Waals surface area contributed by atoms with Gasteiger partial charge in [0.15, 0.2) is 0 Å². The second-order valence-corrected chi connectivity index (χ2v) is 2.38. The van der Waals surface area contributed by atoms with Crippen LogP contribution in [-0.2, 0) is 0 Å². The lowest BCUT2D eigenvalue weighted by Gasteiger charge is -1.89. The number of terminal acetylenes is 1. The summed E-state index contributed by atoms with van der Waals surface area (Å²) in [6.45, 7) is 2.21. The third-order valence-electron chi connectivity index (χ3n) is 1.38. The first kappa shape index (κ1) is 9.30. The molecule has 0 heterocycles. The molecule has 0 bridgehead atoms. The summed E-state index contributed by atoms with van der Waals surface area (Å²) in [7, 11) is 0. The zero-order valence-corrected chi connectivity index (χ0v) is 6.77. The number of unbranched alkanes of at least 4 members (excludes halogenated alkanes) is 3. The Morgan fingerprint density at radius 3 is 2.70 bits per heavy atom. The second kappa shape index (κ2) is 8.30. The first-order valence-corrected chi connectivity index (χ1v) is 4.00. The summed E-state index contributed by atoms with van der Waals surface area (Å²) in [5.74, 6) is 2.57. The summed E-state index contributed by atoms with van der Waals surface area (Å²) < 4.78 is 0. The Bertz CT molecular complexity index is 114. The molecule has 0 saturated heterocycles. The average molecular weight is 136 g/mol. The molecule has 0 heteroatoms. The lowest BCUT2D eigenvalue weighted by molar-refractivity contribution is 0.728. The highest BCUT2D eigenvalue weighted by Gasteiger charge is 1.79. The van der Waals surface area contributed by atoms with E-state index in [0.29, 0.717) is 0 Å². The zero-order chi connectivity index (χ0) is 7.66. The summed E-state index contributed by atoms with van der Waals surface area (Å²) in [4.78, 5) is 0. The lowest BCUT2D eigenvalue weighted by Crippen LogP contribution is -1.70. The molecule has 0 spiro atoms. The van der Waals surface area contributed by atoms with Crippen LogP contribution < -0.4 is 0 Å². The fourth-order valence-electron chi connectivity index (χ4n) is 0.781. The highest BCUT2D eigenvalue weighted by Crippen LogP contribution is 1.99. The standard InChI is InChI=1S/C10H16/c1-3-5-7-9-10-8-6-4-2/h1,7,9H,4-6,8,10H2,2H3/b9-7-. The predicted octanol–water partition coefficient (Wildman–Crippen LogP) is 3.15. The lowest BCUT2D eigenvalue weighted by atomic mass is 10.2. The maximum absolute atomic E-state index is 5.07. The SMILES string of the molecule is C#CC/C=C\CCCCC. The van der Waals surface area contributed by atoms with E-state index in [2.05, 4.69) is 25.0 Å². The van der Waals surface area contributed by atoms with Crippen LogP contribution in [0.15, 0.2) is 12.2 Å². The Balaban J connectivity index is 2.97. The predicted molar refractivity (Wildman–Crippen MR) is 46.7 cm³/mol. The molecule has 0 amide bonds. The van der Waals surface area contributed by atoms with Crippen LogP contribution in [0.2, 0.25) is 0 Å². The Labute approximate surface area is 64.3 Å². The molecule has 0 N–H and O–H groups in total. The first-order valence-electron chi connectivity index (χ1n) is 4.00. The first-order chi connectivity index (χ1) is 4.91. The monoisotopic (exact) mass is 136 g/mol. The molecule has 0 saturated carbocycles. The molecule has 0 radical (unpaired) electrons. The van der Waals surface area contributed by atoms with Crippen molar-refractivity contribution in [2.24, 2.45) is 0 Å². The molecule has 0 fully saturated rings. The van der Waals surface area contributed by atoms with Gasteiger partial charge < -0.3 is 0 Å². The minimum atomic E-state index is 0.784. The van der Waals surface area contributed by atoms with Crippen LogP contribution in [0.5, 0.6) is 0 Å². The smallest absolute Gasteiger partial charge is 0.0267 e. The van der Waals surface area contributed by atoms with Gasteiger partial charge in [-0.05, 0) is 12.8 Å². The molecule has 0 aliphatic carbocycles. The Morgan fingerprint density at radius 2 is 2.10 bits per heavy atom. The van der Waals surface area contributed by atoms with Gasteiger partial charge in [0.25, 0.3) is 0 Å². The van der Waals surface area contributed by atoms with E-state index < -0.39 is 0 Å². The average Bonchev–Trinajstić information content (AvgIpc) is 1.97. The topological polar surface area (TPSA) is 0 Å². The molecule has 0 atom stereocenters. The van der Waals surface area contributed by atoms with Gasteiger partial charge in [-0.1, -0.05) is 31.9 Å². The van der Waals surface area contributed by atoms with Crippen LogP contribution >= 0.6 is 0 Å². The van der Waals surface area contributed by atoms with Gasteiger partial charge >= 0.3 is 0 Å². The van der Waals surface area contributed by atoms with Crippen LogP contribution in [0.25, 0.3) is 0 Å². The van der Waals surface area contributed by atoms with Crippen molar-refractivity contribution in [2.75, 3.05) is 0 Å². The largest absolute Gasteiger partial charge is 0.120 e. The summed E-state index contributed by atoms with van der Waals surface area (Å²) in [5, 5.41) is 0. The van der Waals surface area contributed by atoms with E-state index in [-0.39, 0.29) is 0 Å². The molecule has 0 aliphatic heterocycles. The number of allylic oxidation sites excluding steroid dienone is 2. The van der Waals surface area contributed by atoms with Gasteiger partial charge in [0, 0.05) is 6.42 Å². The Morgan fingerprint density at radius 1 is 1.30 bits per heavy atom. The fourth-order valence-corrected chi connectivity index (χ4v) is 0.781. The summed E-state index contributed by atoms with van der Waals surface area (Å²) in [5.41, 5.74) is 0. The van der Waals surface area contributed by atoms with Crippen molar-refractivity contribution in [3.63, 3.8) is 0 Å². The molecule has 0 aromatic carbocycles. The highest BCUT2D eigenvalue weighted by atomic mass is 13.9. The van der Waals surface area contributed by atoms with E-state index in [4.69, 9.17) is 6.42 Å². The molecule has 0 rings (SSSR count). The summed E-state index contributed by atoms with van der Waals surface area (Å²) >= 11 is 0. The quantitative estimate of drug-likeness (QED) is 0.309. The van der Waals surface area contributed by atoms with Gasteiger partial charge in [-0.25, -0.2) is 0 Å². The van der Waals surface area contributed by atoms with Gasteiger partial charge in [-0.2, -0.15) is 0 Å². The van der Waals surface area contributed by atoms with Crippen molar-refractivity contribution in [2.45, 2.75) is 39.0 Å². The maximum atomic E-state index is 5.07. The second-order valence-electron chi connectivity index (χ2n) is 2.38. The minimum absolute atomic E-state index is 0.784. The van der Waals surface area contributed by atoms with E-state index in [0.717, 1.165) is 6.42 Å². The van der Waals surface area contributed by atoms with E-state index >= 15 is 0 Å². The van der Waals surface area contributed by atoms with Crippen LogP contribution in [-0.4, -0.2) is 0 Å². The van der Waals surface area contributed by atoms with Gasteiger partial charge in [0.1, 0.15) is 0 Å². The molecular formula is C10H16. The molecule has 0 aromatic rings. The molecule has 0 nitrogen and oxygen atoms in total. The third-order valence-corrected chi connectivity index (χ3v) is 1.38. The molecule has 56 valence electrons. The Kier molecular flexibility index (Phi) is 7.72. The van der Waals surface area contributed by atoms with Gasteiger partial charge in [0.05, 0.1) is 0 Å². The van der Waals surface area contributed by atoms with Crippen molar-refractivity contribution in [1.82, 2.24) is 0 Å². The van der Waals surface area contributed by atoms with Crippen molar-refractivity contribution < 1.29 is 0 Å².